The number of amides is 1. The number of esters is 1. The zero-order chi connectivity index (χ0) is 14.3. The van der Waals surface area contributed by atoms with Crippen LogP contribution in [0.25, 0.3) is 0 Å². The van der Waals surface area contributed by atoms with Crippen LogP contribution in [-0.4, -0.2) is 35.2 Å². The van der Waals surface area contributed by atoms with Crippen molar-refractivity contribution in [2.24, 2.45) is 17.8 Å². The average Bonchev–Trinajstić information content (AvgIpc) is 2.72. The van der Waals surface area contributed by atoms with Crippen LogP contribution >= 0.6 is 0 Å². The minimum atomic E-state index is -1.97. The molecule has 3 fully saturated rings. The Morgan fingerprint density at radius 3 is 2.85 bits per heavy atom. The minimum absolute atomic E-state index is 0.0729. The van der Waals surface area contributed by atoms with Crippen molar-refractivity contribution in [2.45, 2.75) is 57.1 Å². The van der Waals surface area contributed by atoms with Crippen molar-refractivity contribution >= 4 is 11.9 Å². The lowest BCUT2D eigenvalue weighted by atomic mass is 9.60. The molecule has 0 spiro atoms. The van der Waals surface area contributed by atoms with E-state index in [9.17, 15) is 14.7 Å². The zero-order valence-electron chi connectivity index (χ0n) is 11.9. The van der Waals surface area contributed by atoms with Crippen molar-refractivity contribution in [1.29, 1.82) is 0 Å². The molecule has 2 saturated carbocycles. The molecule has 20 heavy (non-hydrogen) atoms. The van der Waals surface area contributed by atoms with E-state index in [0.29, 0.717) is 5.92 Å². The third kappa shape index (κ3) is 1.86. The molecule has 1 aliphatic heterocycles. The fraction of sp³-hybridized carbons (Fsp3) is 0.867. The van der Waals surface area contributed by atoms with E-state index in [1.165, 1.54) is 6.42 Å². The maximum absolute atomic E-state index is 12.2. The zero-order valence-corrected chi connectivity index (χ0v) is 11.9. The fourth-order valence-corrected chi connectivity index (χ4v) is 4.60. The van der Waals surface area contributed by atoms with Crippen LogP contribution in [0, 0.1) is 17.8 Å². The normalized spacial score (nSPS) is 43.4. The van der Waals surface area contributed by atoms with E-state index in [1.54, 1.807) is 6.92 Å². The number of hydrogen-bond donors (Lipinski definition) is 2. The monoisotopic (exact) mass is 281 g/mol. The summed E-state index contributed by atoms with van der Waals surface area (Å²) in [6.45, 7) is 1.87. The Labute approximate surface area is 119 Å². The predicted molar refractivity (Wildman–Crippen MR) is 71.7 cm³/mol. The first-order chi connectivity index (χ1) is 9.59. The number of rotatable bonds is 2. The molecule has 0 aromatic heterocycles. The standard InChI is InChI=1S/C15H23NO4/c1-2-20-14(18)15(19)12-10-6-4-3-5-9(10)7-8-11(12)16-13(15)17/h9-12,19H,2-8H2,1H3,(H,16,17). The van der Waals surface area contributed by atoms with Crippen LogP contribution in [-0.2, 0) is 14.3 Å². The number of hydrogen-bond acceptors (Lipinski definition) is 4. The van der Waals surface area contributed by atoms with Gasteiger partial charge in [-0.15, -0.1) is 0 Å². The van der Waals surface area contributed by atoms with E-state index in [1.807, 2.05) is 0 Å². The first-order valence-corrected chi connectivity index (χ1v) is 7.79. The number of carbonyl (C=O) groups is 2. The second-order valence-electron chi connectivity index (χ2n) is 6.38. The van der Waals surface area contributed by atoms with Gasteiger partial charge in [0.25, 0.3) is 5.91 Å². The summed E-state index contributed by atoms with van der Waals surface area (Å²) in [5.74, 6) is -0.837. The van der Waals surface area contributed by atoms with E-state index >= 15 is 0 Å². The number of fused-ring (bicyclic) bond motifs is 3. The van der Waals surface area contributed by atoms with E-state index in [0.717, 1.165) is 32.1 Å². The largest absolute Gasteiger partial charge is 0.463 e. The van der Waals surface area contributed by atoms with Crippen LogP contribution in [0.1, 0.15) is 45.4 Å². The summed E-state index contributed by atoms with van der Waals surface area (Å²) in [6, 6.07) is -0.0729. The highest BCUT2D eigenvalue weighted by Gasteiger charge is 2.64. The molecule has 0 bridgehead atoms. The smallest absolute Gasteiger partial charge is 0.348 e. The number of aliphatic hydroxyl groups is 1. The van der Waals surface area contributed by atoms with Crippen LogP contribution in [0.4, 0.5) is 0 Å². The molecular formula is C15H23NO4. The Kier molecular flexibility index (Phi) is 3.48. The van der Waals surface area contributed by atoms with E-state index in [2.05, 4.69) is 5.32 Å². The summed E-state index contributed by atoms with van der Waals surface area (Å²) in [4.78, 5) is 24.4. The van der Waals surface area contributed by atoms with E-state index in [-0.39, 0.29) is 24.5 Å². The van der Waals surface area contributed by atoms with Crippen molar-refractivity contribution in [3.8, 4) is 0 Å². The Bertz CT molecular complexity index is 424. The highest BCUT2D eigenvalue weighted by atomic mass is 16.6. The third-order valence-corrected chi connectivity index (χ3v) is 5.44. The highest BCUT2D eigenvalue weighted by Crippen LogP contribution is 2.50. The number of carbonyl (C=O) groups excluding carboxylic acids is 2. The lowest BCUT2D eigenvalue weighted by Gasteiger charge is -2.45. The predicted octanol–water partition coefficient (Wildman–Crippen LogP) is 0.995. The molecule has 5 unspecified atom stereocenters. The van der Waals surface area contributed by atoms with Gasteiger partial charge < -0.3 is 15.2 Å². The van der Waals surface area contributed by atoms with Crippen molar-refractivity contribution in [2.75, 3.05) is 6.61 Å². The quantitative estimate of drug-likeness (QED) is 0.585. The second kappa shape index (κ2) is 5.02. The fourth-order valence-electron chi connectivity index (χ4n) is 4.60. The first-order valence-electron chi connectivity index (χ1n) is 7.79. The molecule has 5 atom stereocenters. The van der Waals surface area contributed by atoms with Crippen molar-refractivity contribution < 1.29 is 19.4 Å². The number of nitrogens with one attached hydrogen (secondary N) is 1. The molecule has 0 radical (unpaired) electrons. The molecule has 2 N–H and O–H groups in total. The molecule has 1 heterocycles. The van der Waals surface area contributed by atoms with Gasteiger partial charge in [0.2, 0.25) is 5.60 Å². The SMILES string of the molecule is CCOC(=O)C1(O)C(=O)NC2CCC3CCCCC3C21. The first kappa shape index (κ1) is 13.9. The Morgan fingerprint density at radius 2 is 2.10 bits per heavy atom. The van der Waals surface area contributed by atoms with Gasteiger partial charge in [-0.2, -0.15) is 0 Å². The van der Waals surface area contributed by atoms with Crippen LogP contribution < -0.4 is 5.32 Å². The maximum Gasteiger partial charge on any atom is 0.348 e. The van der Waals surface area contributed by atoms with Gasteiger partial charge in [-0.3, -0.25) is 4.79 Å². The molecule has 3 rings (SSSR count). The molecule has 2 aliphatic carbocycles. The highest BCUT2D eigenvalue weighted by molar-refractivity contribution is 6.08. The van der Waals surface area contributed by atoms with Crippen LogP contribution in [0.2, 0.25) is 0 Å². The van der Waals surface area contributed by atoms with E-state index in [4.69, 9.17) is 4.74 Å². The van der Waals surface area contributed by atoms with Crippen molar-refractivity contribution in [1.82, 2.24) is 5.32 Å². The summed E-state index contributed by atoms with van der Waals surface area (Å²) in [5, 5.41) is 13.6. The Morgan fingerprint density at radius 1 is 1.35 bits per heavy atom. The summed E-state index contributed by atoms with van der Waals surface area (Å²) in [7, 11) is 0. The van der Waals surface area contributed by atoms with Gasteiger partial charge in [0.15, 0.2) is 0 Å². The van der Waals surface area contributed by atoms with E-state index < -0.39 is 17.5 Å². The molecule has 1 amide bonds. The van der Waals surface area contributed by atoms with Gasteiger partial charge in [0.05, 0.1) is 6.61 Å². The summed E-state index contributed by atoms with van der Waals surface area (Å²) in [5.41, 5.74) is -1.97. The van der Waals surface area contributed by atoms with Gasteiger partial charge in [0.1, 0.15) is 0 Å². The average molecular weight is 281 g/mol. The molecule has 5 nitrogen and oxygen atoms in total. The molecular weight excluding hydrogens is 258 g/mol. The molecule has 3 aliphatic rings. The summed E-state index contributed by atoms with van der Waals surface area (Å²) < 4.78 is 4.98. The Balaban J connectivity index is 1.92. The summed E-state index contributed by atoms with van der Waals surface area (Å²) >= 11 is 0. The topological polar surface area (TPSA) is 75.6 Å². The van der Waals surface area contributed by atoms with Gasteiger partial charge >= 0.3 is 5.97 Å². The molecule has 0 aromatic carbocycles. The number of ether oxygens (including phenoxy) is 1. The second-order valence-corrected chi connectivity index (χ2v) is 6.38. The lowest BCUT2D eigenvalue weighted by Crippen LogP contribution is -2.55. The van der Waals surface area contributed by atoms with Crippen molar-refractivity contribution in [3.63, 3.8) is 0 Å². The minimum Gasteiger partial charge on any atom is -0.463 e. The van der Waals surface area contributed by atoms with Crippen LogP contribution in [0.3, 0.4) is 0 Å². The maximum atomic E-state index is 12.2. The lowest BCUT2D eigenvalue weighted by molar-refractivity contribution is -0.177. The van der Waals surface area contributed by atoms with Gasteiger partial charge in [-0.25, -0.2) is 4.79 Å². The van der Waals surface area contributed by atoms with Crippen molar-refractivity contribution in [3.05, 3.63) is 0 Å². The van der Waals surface area contributed by atoms with Gasteiger partial charge in [-0.1, -0.05) is 19.3 Å². The summed E-state index contributed by atoms with van der Waals surface area (Å²) in [6.07, 6.45) is 6.45. The van der Waals surface area contributed by atoms with Gasteiger partial charge in [0, 0.05) is 12.0 Å². The van der Waals surface area contributed by atoms with Crippen LogP contribution in [0.15, 0.2) is 0 Å². The molecule has 1 saturated heterocycles. The molecule has 0 aromatic rings. The van der Waals surface area contributed by atoms with Gasteiger partial charge in [-0.05, 0) is 38.0 Å². The Hall–Kier alpha value is -1.10. The molecule has 5 heteroatoms. The third-order valence-electron chi connectivity index (χ3n) is 5.44. The van der Waals surface area contributed by atoms with Crippen LogP contribution in [0.5, 0.6) is 0 Å². The molecule has 112 valence electrons.